The Morgan fingerprint density at radius 1 is 1.24 bits per heavy atom. The number of nitrogens with zero attached hydrogens (tertiary/aromatic N) is 1. The predicted octanol–water partition coefficient (Wildman–Crippen LogP) is 4.52. The second-order valence-electron chi connectivity index (χ2n) is 3.52. The number of phenols is 1. The van der Waals surface area contributed by atoms with Crippen LogP contribution in [0, 0.1) is 0 Å². The second kappa shape index (κ2) is 4.12. The molecule has 0 unspecified atom stereocenters. The molecule has 0 amide bonds. The minimum atomic E-state index is 0.237. The first-order chi connectivity index (χ1) is 8.13. The number of thiophene rings is 1. The zero-order valence-electron chi connectivity index (χ0n) is 8.37. The highest BCUT2D eigenvalue weighted by atomic mass is 79.9. The summed E-state index contributed by atoms with van der Waals surface area (Å²) in [7, 11) is 0. The molecule has 2 aromatic heterocycles. The highest BCUT2D eigenvalue weighted by molar-refractivity contribution is 9.13. The van der Waals surface area contributed by atoms with Gasteiger partial charge in [-0.1, -0.05) is 0 Å². The van der Waals surface area contributed by atoms with Crippen molar-refractivity contribution in [2.75, 3.05) is 0 Å². The summed E-state index contributed by atoms with van der Waals surface area (Å²) in [6, 6.07) is 7.10. The van der Waals surface area contributed by atoms with Gasteiger partial charge in [0.05, 0.1) is 19.7 Å². The smallest absolute Gasteiger partial charge is 0.148 e. The van der Waals surface area contributed by atoms with Crippen molar-refractivity contribution in [2.24, 2.45) is 0 Å². The number of imidazole rings is 1. The van der Waals surface area contributed by atoms with Crippen LogP contribution in [0.5, 0.6) is 5.75 Å². The molecule has 2 heterocycles. The van der Waals surface area contributed by atoms with E-state index in [0.717, 1.165) is 30.0 Å². The van der Waals surface area contributed by atoms with Crippen molar-refractivity contribution in [1.29, 1.82) is 0 Å². The van der Waals surface area contributed by atoms with E-state index in [0.29, 0.717) is 0 Å². The standard InChI is InChI=1S/C11H6Br2N2OS/c12-6-4-9(17-10(6)13)11-14-7-2-1-5(16)3-8(7)15-11/h1-4,16H,(H,14,15). The summed E-state index contributed by atoms with van der Waals surface area (Å²) in [5.74, 6) is 1.04. The van der Waals surface area contributed by atoms with Gasteiger partial charge in [-0.05, 0) is 50.1 Å². The molecule has 0 atom stereocenters. The molecule has 3 rings (SSSR count). The van der Waals surface area contributed by atoms with Gasteiger partial charge < -0.3 is 10.1 Å². The summed E-state index contributed by atoms with van der Waals surface area (Å²) in [5, 5.41) is 9.40. The Hall–Kier alpha value is -0.850. The van der Waals surface area contributed by atoms with Crippen LogP contribution in [0.25, 0.3) is 21.7 Å². The number of H-pyrrole nitrogens is 1. The summed E-state index contributed by atoms with van der Waals surface area (Å²) in [4.78, 5) is 8.71. The molecule has 0 spiro atoms. The molecule has 6 heteroatoms. The molecule has 0 radical (unpaired) electrons. The number of fused-ring (bicyclic) bond motifs is 1. The van der Waals surface area contributed by atoms with Gasteiger partial charge in [-0.2, -0.15) is 0 Å². The minimum absolute atomic E-state index is 0.237. The Balaban J connectivity index is 2.17. The van der Waals surface area contributed by atoms with Crippen molar-refractivity contribution in [3.05, 3.63) is 32.5 Å². The Kier molecular flexibility index (Phi) is 2.72. The summed E-state index contributed by atoms with van der Waals surface area (Å²) < 4.78 is 2.05. The van der Waals surface area contributed by atoms with Crippen molar-refractivity contribution in [2.45, 2.75) is 0 Å². The van der Waals surface area contributed by atoms with E-state index < -0.39 is 0 Å². The average Bonchev–Trinajstić information content (AvgIpc) is 2.83. The van der Waals surface area contributed by atoms with E-state index in [1.165, 1.54) is 0 Å². The van der Waals surface area contributed by atoms with Crippen molar-refractivity contribution in [3.63, 3.8) is 0 Å². The van der Waals surface area contributed by atoms with E-state index in [4.69, 9.17) is 0 Å². The third-order valence-electron chi connectivity index (χ3n) is 2.34. The number of phenolic OH excluding ortho intramolecular Hbond substituents is 1. The SMILES string of the molecule is Oc1ccc2nc(-c3cc(Br)c(Br)s3)[nH]c2c1. The first-order valence-corrected chi connectivity index (χ1v) is 7.17. The normalized spacial score (nSPS) is 11.2. The van der Waals surface area contributed by atoms with E-state index >= 15 is 0 Å². The van der Waals surface area contributed by atoms with Gasteiger partial charge in [0.1, 0.15) is 11.6 Å². The Morgan fingerprint density at radius 2 is 2.06 bits per heavy atom. The number of benzene rings is 1. The summed E-state index contributed by atoms with van der Waals surface area (Å²) >= 11 is 8.51. The van der Waals surface area contributed by atoms with Crippen LogP contribution in [0.2, 0.25) is 0 Å². The largest absolute Gasteiger partial charge is 0.508 e. The highest BCUT2D eigenvalue weighted by Crippen LogP contribution is 2.37. The third-order valence-corrected chi connectivity index (χ3v) is 5.61. The van der Waals surface area contributed by atoms with Crippen molar-refractivity contribution in [3.8, 4) is 16.5 Å². The van der Waals surface area contributed by atoms with Gasteiger partial charge in [0.2, 0.25) is 0 Å². The molecule has 3 aromatic rings. The Labute approximate surface area is 118 Å². The number of halogens is 2. The van der Waals surface area contributed by atoms with Gasteiger partial charge in [-0.25, -0.2) is 4.98 Å². The number of hydrogen-bond acceptors (Lipinski definition) is 3. The van der Waals surface area contributed by atoms with Crippen LogP contribution >= 0.6 is 43.2 Å². The number of rotatable bonds is 1. The molecular formula is C11H6Br2N2OS. The van der Waals surface area contributed by atoms with Crippen LogP contribution in [0.1, 0.15) is 0 Å². The first-order valence-electron chi connectivity index (χ1n) is 4.77. The lowest BCUT2D eigenvalue weighted by Crippen LogP contribution is -1.72. The molecule has 0 bridgehead atoms. The van der Waals surface area contributed by atoms with Gasteiger partial charge >= 0.3 is 0 Å². The average molecular weight is 374 g/mol. The number of aromatic hydroxyl groups is 1. The maximum absolute atomic E-state index is 9.40. The predicted molar refractivity (Wildman–Crippen MR) is 76.5 cm³/mol. The summed E-state index contributed by atoms with van der Waals surface area (Å²) in [6.45, 7) is 0. The molecule has 0 fully saturated rings. The van der Waals surface area contributed by atoms with Gasteiger partial charge in [0.15, 0.2) is 0 Å². The maximum Gasteiger partial charge on any atom is 0.148 e. The van der Waals surface area contributed by atoms with Crippen LogP contribution in [0.3, 0.4) is 0 Å². The highest BCUT2D eigenvalue weighted by Gasteiger charge is 2.10. The molecule has 0 aliphatic rings. The molecule has 17 heavy (non-hydrogen) atoms. The van der Waals surface area contributed by atoms with E-state index in [9.17, 15) is 5.11 Å². The van der Waals surface area contributed by atoms with Crippen LogP contribution in [-0.2, 0) is 0 Å². The van der Waals surface area contributed by atoms with Gasteiger partial charge in [0.25, 0.3) is 0 Å². The third kappa shape index (κ3) is 2.00. The fourth-order valence-electron chi connectivity index (χ4n) is 1.58. The molecule has 86 valence electrons. The Morgan fingerprint density at radius 3 is 2.76 bits per heavy atom. The first kappa shape index (κ1) is 11.3. The van der Waals surface area contributed by atoms with Gasteiger partial charge in [0, 0.05) is 10.5 Å². The van der Waals surface area contributed by atoms with Crippen LogP contribution in [-0.4, -0.2) is 15.1 Å². The molecular weight excluding hydrogens is 368 g/mol. The second-order valence-corrected chi connectivity index (χ2v) is 6.74. The lowest BCUT2D eigenvalue weighted by molar-refractivity contribution is 0.476. The minimum Gasteiger partial charge on any atom is -0.508 e. The molecule has 1 aromatic carbocycles. The van der Waals surface area contributed by atoms with Crippen molar-refractivity contribution < 1.29 is 5.11 Å². The van der Waals surface area contributed by atoms with Crippen LogP contribution < -0.4 is 0 Å². The lowest BCUT2D eigenvalue weighted by Gasteiger charge is -1.88. The van der Waals surface area contributed by atoms with Crippen molar-refractivity contribution >= 4 is 54.2 Å². The quantitative estimate of drug-likeness (QED) is 0.658. The van der Waals surface area contributed by atoms with E-state index in [1.807, 2.05) is 6.07 Å². The number of nitrogens with one attached hydrogen (secondary N) is 1. The number of hydrogen-bond donors (Lipinski definition) is 2. The van der Waals surface area contributed by atoms with Crippen LogP contribution in [0.4, 0.5) is 0 Å². The molecule has 2 N–H and O–H groups in total. The molecule has 0 saturated heterocycles. The number of aromatic nitrogens is 2. The van der Waals surface area contributed by atoms with Gasteiger partial charge in [-0.3, -0.25) is 0 Å². The van der Waals surface area contributed by atoms with E-state index in [1.54, 1.807) is 29.5 Å². The molecule has 0 saturated carbocycles. The maximum atomic E-state index is 9.40. The molecule has 0 aliphatic heterocycles. The zero-order chi connectivity index (χ0) is 12.0. The van der Waals surface area contributed by atoms with E-state index in [2.05, 4.69) is 41.8 Å². The molecule has 0 aliphatic carbocycles. The zero-order valence-corrected chi connectivity index (χ0v) is 12.4. The summed E-state index contributed by atoms with van der Waals surface area (Å²) in [6.07, 6.45) is 0. The molecule has 3 nitrogen and oxygen atoms in total. The number of aromatic amines is 1. The Bertz CT molecular complexity index is 685. The van der Waals surface area contributed by atoms with E-state index in [-0.39, 0.29) is 5.75 Å². The van der Waals surface area contributed by atoms with Gasteiger partial charge in [-0.15, -0.1) is 11.3 Å². The monoisotopic (exact) mass is 372 g/mol. The topological polar surface area (TPSA) is 48.9 Å². The van der Waals surface area contributed by atoms with Crippen molar-refractivity contribution in [1.82, 2.24) is 9.97 Å². The fraction of sp³-hybridized carbons (Fsp3) is 0. The summed E-state index contributed by atoms with van der Waals surface area (Å²) in [5.41, 5.74) is 1.68. The lowest BCUT2D eigenvalue weighted by atomic mass is 10.3. The fourth-order valence-corrected chi connectivity index (χ4v) is 3.56. The van der Waals surface area contributed by atoms with Crippen LogP contribution in [0.15, 0.2) is 32.5 Å².